The van der Waals surface area contributed by atoms with Crippen LogP contribution < -0.4 is 10.6 Å². The molecule has 1 atom stereocenters. The van der Waals surface area contributed by atoms with Crippen LogP contribution in [0.4, 0.5) is 0 Å². The predicted octanol–water partition coefficient (Wildman–Crippen LogP) is 2.03. The van der Waals surface area contributed by atoms with Crippen LogP contribution in [0, 0.1) is 0 Å². The minimum absolute atomic E-state index is 0.402. The van der Waals surface area contributed by atoms with E-state index in [-0.39, 0.29) is 0 Å². The summed E-state index contributed by atoms with van der Waals surface area (Å²) in [7, 11) is 0. The summed E-state index contributed by atoms with van der Waals surface area (Å²) in [5.41, 5.74) is 1.15. The van der Waals surface area contributed by atoms with Gasteiger partial charge in [-0.3, -0.25) is 0 Å². The molecule has 0 aromatic rings. The number of thiol groups is 2. The Kier molecular flexibility index (Phi) is 5.22. The Labute approximate surface area is 106 Å². The Hall–Kier alpha value is 0.220. The molecule has 0 amide bonds. The van der Waals surface area contributed by atoms with Crippen LogP contribution in [0.1, 0.15) is 19.3 Å². The van der Waals surface area contributed by atoms with E-state index in [9.17, 15) is 0 Å². The average Bonchev–Trinajstić information content (AvgIpc) is 2.06. The Morgan fingerprint density at radius 1 is 1.36 bits per heavy atom. The number of allylic oxidation sites excluding steroid dienone is 1. The van der Waals surface area contributed by atoms with Crippen molar-refractivity contribution >= 4 is 58.3 Å². The lowest BCUT2D eigenvalue weighted by atomic mass is 10.00. The first-order chi connectivity index (χ1) is 6.58. The van der Waals surface area contributed by atoms with Crippen molar-refractivity contribution in [3.8, 4) is 0 Å². The summed E-state index contributed by atoms with van der Waals surface area (Å²) in [6, 6.07) is 0.402. The molecular weight excluding hydrogens is 252 g/mol. The quantitative estimate of drug-likeness (QED) is 0.453. The van der Waals surface area contributed by atoms with E-state index in [0.717, 1.165) is 25.0 Å². The van der Waals surface area contributed by atoms with E-state index < -0.39 is 0 Å². The molecule has 0 saturated heterocycles. The number of hydrogen-bond donors (Lipinski definition) is 4. The maximum Gasteiger partial charge on any atom is 0.134 e. The second kappa shape index (κ2) is 5.95. The predicted molar refractivity (Wildman–Crippen MR) is 75.2 cm³/mol. The van der Waals surface area contributed by atoms with Gasteiger partial charge in [-0.15, -0.1) is 25.3 Å². The van der Waals surface area contributed by atoms with Crippen molar-refractivity contribution in [2.24, 2.45) is 0 Å². The molecule has 0 fully saturated rings. The molecule has 0 aromatic carbocycles. The Balaban J connectivity index is 2.39. The van der Waals surface area contributed by atoms with E-state index in [2.05, 4.69) is 42.0 Å². The van der Waals surface area contributed by atoms with E-state index in [1.807, 2.05) is 0 Å². The third-order valence-corrected chi connectivity index (χ3v) is 2.47. The van der Waals surface area contributed by atoms with Crippen molar-refractivity contribution in [3.05, 3.63) is 11.8 Å². The highest BCUT2D eigenvalue weighted by atomic mass is 32.1. The molecule has 0 saturated carbocycles. The fourth-order valence-electron chi connectivity index (χ4n) is 1.39. The van der Waals surface area contributed by atoms with Gasteiger partial charge in [0.05, 0.1) is 0 Å². The second-order valence-electron chi connectivity index (χ2n) is 3.08. The first-order valence-electron chi connectivity index (χ1n) is 4.26. The molecule has 0 spiro atoms. The van der Waals surface area contributed by atoms with Gasteiger partial charge in [0.25, 0.3) is 0 Å². The Morgan fingerprint density at radius 2 is 2.07 bits per heavy atom. The minimum Gasteiger partial charge on any atom is -0.368 e. The lowest BCUT2D eigenvalue weighted by molar-refractivity contribution is 0.539. The first-order valence-corrected chi connectivity index (χ1v) is 5.97. The largest absolute Gasteiger partial charge is 0.368 e. The Bertz CT molecular complexity index is 275. The third kappa shape index (κ3) is 4.63. The zero-order valence-electron chi connectivity index (χ0n) is 7.49. The molecule has 2 nitrogen and oxygen atoms in total. The van der Waals surface area contributed by atoms with E-state index in [1.54, 1.807) is 0 Å². The van der Waals surface area contributed by atoms with Gasteiger partial charge in [-0.1, -0.05) is 30.5 Å². The van der Waals surface area contributed by atoms with Gasteiger partial charge in [0, 0.05) is 11.7 Å². The van der Waals surface area contributed by atoms with Gasteiger partial charge in [-0.2, -0.15) is 0 Å². The summed E-state index contributed by atoms with van der Waals surface area (Å²) in [5, 5.41) is 6.16. The van der Waals surface area contributed by atoms with E-state index in [1.165, 1.54) is 0 Å². The molecule has 78 valence electrons. The number of thiocarbonyl (C=S) groups is 2. The zero-order valence-corrected chi connectivity index (χ0v) is 10.9. The zero-order chi connectivity index (χ0) is 10.6. The van der Waals surface area contributed by atoms with Crippen LogP contribution >= 0.6 is 49.7 Å². The van der Waals surface area contributed by atoms with Gasteiger partial charge >= 0.3 is 0 Å². The van der Waals surface area contributed by atoms with Crippen molar-refractivity contribution in [2.75, 3.05) is 0 Å². The van der Waals surface area contributed by atoms with Crippen molar-refractivity contribution < 1.29 is 0 Å². The lowest BCUT2D eigenvalue weighted by Gasteiger charge is -2.23. The monoisotopic (exact) mass is 264 g/mol. The second-order valence-corrected chi connectivity index (χ2v) is 5.40. The average molecular weight is 264 g/mol. The van der Waals surface area contributed by atoms with Crippen LogP contribution in [0.3, 0.4) is 0 Å². The molecular formula is C8H12N2S4. The summed E-state index contributed by atoms with van der Waals surface area (Å²) < 4.78 is 1.08. The Morgan fingerprint density at radius 3 is 2.50 bits per heavy atom. The third-order valence-electron chi connectivity index (χ3n) is 2.01. The van der Waals surface area contributed by atoms with Crippen LogP contribution in [0.5, 0.6) is 0 Å². The molecule has 6 heteroatoms. The summed E-state index contributed by atoms with van der Waals surface area (Å²) >= 11 is 17.8. The van der Waals surface area contributed by atoms with E-state index in [0.29, 0.717) is 14.7 Å². The van der Waals surface area contributed by atoms with Crippen LogP contribution in [0.2, 0.25) is 0 Å². The lowest BCUT2D eigenvalue weighted by Crippen LogP contribution is -2.33. The first kappa shape index (κ1) is 12.3. The molecule has 14 heavy (non-hydrogen) atoms. The number of hydrogen-bond acceptors (Lipinski definition) is 2. The topological polar surface area (TPSA) is 24.1 Å². The molecule has 1 aliphatic rings. The van der Waals surface area contributed by atoms with Gasteiger partial charge in [-0.25, -0.2) is 0 Å². The fraction of sp³-hybridized carbons (Fsp3) is 0.500. The summed E-state index contributed by atoms with van der Waals surface area (Å²) in [5.74, 6) is 0. The highest BCUT2D eigenvalue weighted by Crippen LogP contribution is 2.16. The number of rotatable bonds is 2. The van der Waals surface area contributed by atoms with Crippen molar-refractivity contribution in [3.63, 3.8) is 0 Å². The van der Waals surface area contributed by atoms with Gasteiger partial charge in [0.2, 0.25) is 0 Å². The maximum absolute atomic E-state index is 4.86. The van der Waals surface area contributed by atoms with E-state index in [4.69, 9.17) is 24.4 Å². The number of nitrogens with one attached hydrogen (secondary N) is 2. The van der Waals surface area contributed by atoms with E-state index >= 15 is 0 Å². The van der Waals surface area contributed by atoms with Crippen molar-refractivity contribution in [1.29, 1.82) is 0 Å². The van der Waals surface area contributed by atoms with Crippen LogP contribution in [0.15, 0.2) is 11.8 Å². The molecule has 0 heterocycles. The molecule has 2 N–H and O–H groups in total. The SMILES string of the molecule is S=C(S)NC1=CCC(NC(=S)S)CC1. The van der Waals surface area contributed by atoms with Gasteiger partial charge in [0.15, 0.2) is 0 Å². The highest BCUT2D eigenvalue weighted by molar-refractivity contribution is 8.11. The maximum atomic E-state index is 4.86. The fourth-order valence-corrected chi connectivity index (χ4v) is 2.01. The van der Waals surface area contributed by atoms with Gasteiger partial charge in [-0.05, 0) is 19.3 Å². The van der Waals surface area contributed by atoms with Crippen LogP contribution in [-0.4, -0.2) is 14.7 Å². The van der Waals surface area contributed by atoms with Crippen LogP contribution in [-0.2, 0) is 0 Å². The van der Waals surface area contributed by atoms with Crippen molar-refractivity contribution in [2.45, 2.75) is 25.3 Å². The van der Waals surface area contributed by atoms with Gasteiger partial charge < -0.3 is 10.6 Å². The molecule has 0 aliphatic heterocycles. The van der Waals surface area contributed by atoms with Crippen LogP contribution in [0.25, 0.3) is 0 Å². The molecule has 0 bridgehead atoms. The summed E-state index contributed by atoms with van der Waals surface area (Å²) in [4.78, 5) is 0. The van der Waals surface area contributed by atoms with Crippen molar-refractivity contribution in [1.82, 2.24) is 10.6 Å². The standard InChI is InChI=1S/C8H12N2S4/c11-7(12)9-5-1-2-6(4-3-5)10-8(13)14/h1,6H,2-4H2,(H2,9,11,12)(H2,10,13,14). The molecule has 0 aromatic heterocycles. The summed E-state index contributed by atoms with van der Waals surface area (Å²) in [6.07, 6.45) is 5.07. The molecule has 1 unspecified atom stereocenters. The molecule has 0 radical (unpaired) electrons. The summed E-state index contributed by atoms with van der Waals surface area (Å²) in [6.45, 7) is 0. The normalized spacial score (nSPS) is 21.0. The molecule has 1 aliphatic carbocycles. The van der Waals surface area contributed by atoms with Gasteiger partial charge in [0.1, 0.15) is 8.64 Å². The molecule has 1 rings (SSSR count). The smallest absolute Gasteiger partial charge is 0.134 e. The minimum atomic E-state index is 0.402. The highest BCUT2D eigenvalue weighted by Gasteiger charge is 2.14.